The van der Waals surface area contributed by atoms with Crippen molar-refractivity contribution in [3.63, 3.8) is 0 Å². The van der Waals surface area contributed by atoms with Crippen molar-refractivity contribution in [3.05, 3.63) is 64.9 Å². The van der Waals surface area contributed by atoms with Gasteiger partial charge in [0.1, 0.15) is 18.2 Å². The zero-order chi connectivity index (χ0) is 19.3. The molecule has 8 heteroatoms. The molecule has 0 N–H and O–H groups in total. The van der Waals surface area contributed by atoms with Crippen molar-refractivity contribution in [3.8, 4) is 5.75 Å². The predicted molar refractivity (Wildman–Crippen MR) is 104 cm³/mol. The molecule has 3 rings (SSSR count). The fraction of sp³-hybridized carbons (Fsp3) is 0.368. The smallest absolute Gasteiger partial charge is 0.218 e. The van der Waals surface area contributed by atoms with E-state index in [0.29, 0.717) is 55.7 Å². The highest BCUT2D eigenvalue weighted by Crippen LogP contribution is 2.23. The van der Waals surface area contributed by atoms with E-state index in [1.165, 1.54) is 28.6 Å². The molecule has 0 aromatic heterocycles. The Morgan fingerprint density at radius 3 is 2.33 bits per heavy atom. The Bertz CT molecular complexity index is 854. The van der Waals surface area contributed by atoms with Gasteiger partial charge in [0, 0.05) is 32.7 Å². The van der Waals surface area contributed by atoms with Gasteiger partial charge < -0.3 is 4.74 Å². The average molecular weight is 413 g/mol. The Balaban J connectivity index is 1.45. The second-order valence-corrected chi connectivity index (χ2v) is 8.78. The van der Waals surface area contributed by atoms with Crippen LogP contribution in [-0.4, -0.2) is 57.0 Å². The van der Waals surface area contributed by atoms with Crippen LogP contribution in [0.25, 0.3) is 0 Å². The lowest BCUT2D eigenvalue weighted by molar-refractivity contribution is 0.159. The van der Waals surface area contributed by atoms with Crippen molar-refractivity contribution in [1.29, 1.82) is 0 Å². The van der Waals surface area contributed by atoms with E-state index in [1.807, 2.05) is 18.2 Å². The molecule has 0 aliphatic carbocycles. The Kier molecular flexibility index (Phi) is 6.70. The van der Waals surface area contributed by atoms with Crippen LogP contribution in [0.4, 0.5) is 4.39 Å². The Hall–Kier alpha value is -1.67. The number of para-hydroxylation sites is 1. The SMILES string of the molecule is O=S(=O)(Cc1ccc(F)cc1)N1CCN(CCOc2ccccc2Cl)CC1. The molecule has 0 radical (unpaired) electrons. The van der Waals surface area contributed by atoms with Crippen LogP contribution in [0.15, 0.2) is 48.5 Å². The molecule has 0 saturated carbocycles. The first-order chi connectivity index (χ1) is 12.9. The number of hydrogen-bond acceptors (Lipinski definition) is 4. The lowest BCUT2D eigenvalue weighted by Gasteiger charge is -2.33. The summed E-state index contributed by atoms with van der Waals surface area (Å²) < 4.78 is 45.3. The van der Waals surface area contributed by atoms with Gasteiger partial charge >= 0.3 is 0 Å². The third-order valence-electron chi connectivity index (χ3n) is 4.49. The molecule has 2 aromatic rings. The zero-order valence-corrected chi connectivity index (χ0v) is 16.4. The summed E-state index contributed by atoms with van der Waals surface area (Å²) in [5.74, 6) is 0.173. The van der Waals surface area contributed by atoms with Gasteiger partial charge in [0.25, 0.3) is 0 Å². The average Bonchev–Trinajstić information content (AvgIpc) is 2.65. The maximum absolute atomic E-state index is 13.0. The van der Waals surface area contributed by atoms with Gasteiger partial charge in [0.05, 0.1) is 10.8 Å². The predicted octanol–water partition coefficient (Wildman–Crippen LogP) is 3.01. The fourth-order valence-corrected chi connectivity index (χ4v) is 4.67. The monoisotopic (exact) mass is 412 g/mol. The van der Waals surface area contributed by atoms with E-state index >= 15 is 0 Å². The molecule has 1 aliphatic heterocycles. The summed E-state index contributed by atoms with van der Waals surface area (Å²) in [5, 5.41) is 0.578. The minimum Gasteiger partial charge on any atom is -0.491 e. The molecular formula is C19H22ClFN2O3S. The third-order valence-corrected chi connectivity index (χ3v) is 6.65. The van der Waals surface area contributed by atoms with Gasteiger partial charge in [-0.05, 0) is 29.8 Å². The molecule has 0 bridgehead atoms. The largest absolute Gasteiger partial charge is 0.491 e. The quantitative estimate of drug-likeness (QED) is 0.701. The van der Waals surface area contributed by atoms with E-state index in [-0.39, 0.29) is 11.6 Å². The van der Waals surface area contributed by atoms with Gasteiger partial charge in [-0.1, -0.05) is 35.9 Å². The van der Waals surface area contributed by atoms with Gasteiger partial charge in [-0.15, -0.1) is 0 Å². The van der Waals surface area contributed by atoms with Crippen LogP contribution in [-0.2, 0) is 15.8 Å². The van der Waals surface area contributed by atoms with Gasteiger partial charge in [-0.3, -0.25) is 4.90 Å². The number of sulfonamides is 1. The van der Waals surface area contributed by atoms with Gasteiger partial charge in [0.2, 0.25) is 10.0 Å². The summed E-state index contributed by atoms with van der Waals surface area (Å²) in [4.78, 5) is 2.17. The molecular weight excluding hydrogens is 391 g/mol. The van der Waals surface area contributed by atoms with Crippen LogP contribution in [0.3, 0.4) is 0 Å². The first-order valence-electron chi connectivity index (χ1n) is 8.76. The summed E-state index contributed by atoms with van der Waals surface area (Å²) in [6.07, 6.45) is 0. The van der Waals surface area contributed by atoms with Crippen LogP contribution < -0.4 is 4.74 Å². The van der Waals surface area contributed by atoms with E-state index in [2.05, 4.69) is 4.90 Å². The first kappa shape index (κ1) is 20.1. The number of halogens is 2. The molecule has 0 amide bonds. The Labute approximate surface area is 164 Å². The number of nitrogens with zero attached hydrogens (tertiary/aromatic N) is 2. The highest BCUT2D eigenvalue weighted by molar-refractivity contribution is 7.88. The molecule has 5 nitrogen and oxygen atoms in total. The van der Waals surface area contributed by atoms with Crippen molar-refractivity contribution >= 4 is 21.6 Å². The normalized spacial score (nSPS) is 16.4. The van der Waals surface area contributed by atoms with Crippen LogP contribution in [0.5, 0.6) is 5.75 Å². The minimum atomic E-state index is -3.41. The molecule has 0 atom stereocenters. The molecule has 1 saturated heterocycles. The Morgan fingerprint density at radius 2 is 1.67 bits per heavy atom. The van der Waals surface area contributed by atoms with Crippen molar-refractivity contribution in [2.75, 3.05) is 39.3 Å². The number of ether oxygens (including phenoxy) is 1. The number of hydrogen-bond donors (Lipinski definition) is 0. The standard InChI is InChI=1S/C19H22ClFN2O3S/c20-18-3-1-2-4-19(18)26-14-13-22-9-11-23(12-10-22)27(24,25)15-16-5-7-17(21)8-6-16/h1-8H,9-15H2. The highest BCUT2D eigenvalue weighted by atomic mass is 35.5. The lowest BCUT2D eigenvalue weighted by Crippen LogP contribution is -2.49. The second-order valence-electron chi connectivity index (χ2n) is 6.40. The molecule has 146 valence electrons. The molecule has 0 spiro atoms. The van der Waals surface area contributed by atoms with E-state index in [0.717, 1.165) is 0 Å². The van der Waals surface area contributed by atoms with E-state index in [9.17, 15) is 12.8 Å². The van der Waals surface area contributed by atoms with E-state index in [4.69, 9.17) is 16.3 Å². The Morgan fingerprint density at radius 1 is 1.00 bits per heavy atom. The maximum atomic E-state index is 13.0. The summed E-state index contributed by atoms with van der Waals surface area (Å²) >= 11 is 6.06. The second kappa shape index (κ2) is 9.01. The summed E-state index contributed by atoms with van der Waals surface area (Å²) in [6.45, 7) is 3.37. The van der Waals surface area contributed by atoms with Crippen molar-refractivity contribution in [2.24, 2.45) is 0 Å². The zero-order valence-electron chi connectivity index (χ0n) is 14.9. The van der Waals surface area contributed by atoms with Crippen LogP contribution >= 0.6 is 11.6 Å². The third kappa shape index (κ3) is 5.65. The van der Waals surface area contributed by atoms with Crippen molar-refractivity contribution < 1.29 is 17.5 Å². The minimum absolute atomic E-state index is 0.108. The number of rotatable bonds is 7. The van der Waals surface area contributed by atoms with E-state index in [1.54, 1.807) is 6.07 Å². The van der Waals surface area contributed by atoms with E-state index < -0.39 is 10.0 Å². The maximum Gasteiger partial charge on any atom is 0.218 e. The van der Waals surface area contributed by atoms with Gasteiger partial charge in [0.15, 0.2) is 0 Å². The van der Waals surface area contributed by atoms with Gasteiger partial charge in [-0.2, -0.15) is 4.31 Å². The van der Waals surface area contributed by atoms with Gasteiger partial charge in [-0.25, -0.2) is 12.8 Å². The van der Waals surface area contributed by atoms with Crippen LogP contribution in [0.2, 0.25) is 5.02 Å². The molecule has 0 unspecified atom stereocenters. The lowest BCUT2D eigenvalue weighted by atomic mass is 10.2. The summed E-state index contributed by atoms with van der Waals surface area (Å²) in [7, 11) is -3.41. The molecule has 2 aromatic carbocycles. The summed E-state index contributed by atoms with van der Waals surface area (Å²) in [5.41, 5.74) is 0.590. The number of piperazine rings is 1. The van der Waals surface area contributed by atoms with Crippen molar-refractivity contribution in [2.45, 2.75) is 5.75 Å². The molecule has 27 heavy (non-hydrogen) atoms. The molecule has 1 heterocycles. The van der Waals surface area contributed by atoms with Crippen molar-refractivity contribution in [1.82, 2.24) is 9.21 Å². The number of benzene rings is 2. The highest BCUT2D eigenvalue weighted by Gasteiger charge is 2.27. The van der Waals surface area contributed by atoms with Crippen LogP contribution in [0, 0.1) is 5.82 Å². The topological polar surface area (TPSA) is 49.9 Å². The fourth-order valence-electron chi connectivity index (χ4n) is 2.96. The first-order valence-corrected chi connectivity index (χ1v) is 10.7. The molecule has 1 fully saturated rings. The van der Waals surface area contributed by atoms with Crippen LogP contribution in [0.1, 0.15) is 5.56 Å². The summed E-state index contributed by atoms with van der Waals surface area (Å²) in [6, 6.07) is 12.9. The molecule has 1 aliphatic rings.